The first kappa shape index (κ1) is 10.3. The molecule has 0 unspecified atom stereocenters. The van der Waals surface area contributed by atoms with Crippen molar-refractivity contribution in [3.63, 3.8) is 0 Å². The van der Waals surface area contributed by atoms with Crippen LogP contribution < -0.4 is 0 Å². The molecule has 0 heterocycles. The monoisotopic (exact) mass is 192 g/mol. The second-order valence-corrected chi connectivity index (χ2v) is 5.16. The van der Waals surface area contributed by atoms with Gasteiger partial charge in [0.05, 0.1) is 0 Å². The van der Waals surface area contributed by atoms with Gasteiger partial charge in [0.1, 0.15) is 0 Å². The molecule has 0 N–H and O–H groups in total. The van der Waals surface area contributed by atoms with E-state index in [0.717, 1.165) is 5.92 Å². The predicted molar refractivity (Wildman–Crippen MR) is 62.4 cm³/mol. The lowest BCUT2D eigenvalue weighted by molar-refractivity contribution is 0.360. The smallest absolute Gasteiger partial charge is 0.0320 e. The van der Waals surface area contributed by atoms with Crippen molar-refractivity contribution in [2.75, 3.05) is 0 Å². The van der Waals surface area contributed by atoms with Crippen molar-refractivity contribution >= 4 is 0 Å². The minimum atomic E-state index is 1.04. The van der Waals surface area contributed by atoms with E-state index >= 15 is 0 Å². The zero-order valence-corrected chi connectivity index (χ0v) is 9.43. The van der Waals surface area contributed by atoms with Crippen LogP contribution in [0.25, 0.3) is 0 Å². The Labute approximate surface area is 88.8 Å². The predicted octanol–water partition coefficient (Wildman–Crippen LogP) is 4.85. The molecule has 0 aromatic rings. The van der Waals surface area contributed by atoms with Crippen molar-refractivity contribution in [1.29, 1.82) is 0 Å². The van der Waals surface area contributed by atoms with Crippen LogP contribution in [0.3, 0.4) is 0 Å². The summed E-state index contributed by atoms with van der Waals surface area (Å²) in [4.78, 5) is 0. The second-order valence-electron chi connectivity index (χ2n) is 5.16. The molecule has 2 rings (SSSR count). The van der Waals surface area contributed by atoms with Crippen LogP contribution in [0.2, 0.25) is 0 Å². The van der Waals surface area contributed by atoms with E-state index < -0.39 is 0 Å². The summed E-state index contributed by atoms with van der Waals surface area (Å²) in [5, 5.41) is 0. The Hall–Kier alpha value is -0.260. The van der Waals surface area contributed by atoms with Gasteiger partial charge in [-0.2, -0.15) is 0 Å². The Morgan fingerprint density at radius 3 is 2.21 bits per heavy atom. The summed E-state index contributed by atoms with van der Waals surface area (Å²) in [7, 11) is 0. The Morgan fingerprint density at radius 1 is 0.857 bits per heavy atom. The molecule has 0 aromatic carbocycles. The van der Waals surface area contributed by atoms with E-state index in [-0.39, 0.29) is 0 Å². The van der Waals surface area contributed by atoms with Gasteiger partial charge in [-0.3, -0.25) is 0 Å². The number of hydrogen-bond acceptors (Lipinski definition) is 0. The number of rotatable bonds is 2. The molecule has 80 valence electrons. The Morgan fingerprint density at radius 2 is 1.50 bits per heavy atom. The summed E-state index contributed by atoms with van der Waals surface area (Å²) < 4.78 is 0. The van der Waals surface area contributed by atoms with Crippen molar-refractivity contribution in [2.24, 2.45) is 5.92 Å². The summed E-state index contributed by atoms with van der Waals surface area (Å²) in [6.07, 6.45) is 18.7. The molecule has 0 spiro atoms. The molecule has 0 aliphatic heterocycles. The molecule has 2 aliphatic rings. The summed E-state index contributed by atoms with van der Waals surface area (Å²) >= 11 is 0. The van der Waals surface area contributed by atoms with Crippen molar-refractivity contribution in [2.45, 2.75) is 70.6 Å². The quantitative estimate of drug-likeness (QED) is 0.549. The summed E-state index contributed by atoms with van der Waals surface area (Å²) in [6.45, 7) is 0. The van der Waals surface area contributed by atoms with Crippen LogP contribution in [0.4, 0.5) is 0 Å². The fraction of sp³-hybridized carbons (Fsp3) is 0.857. The van der Waals surface area contributed by atoms with Gasteiger partial charge >= 0.3 is 0 Å². The Kier molecular flexibility index (Phi) is 4.09. The topological polar surface area (TPSA) is 0 Å². The summed E-state index contributed by atoms with van der Waals surface area (Å²) in [5.41, 5.74) is 1.78. The average Bonchev–Trinajstić information content (AvgIpc) is 2.29. The van der Waals surface area contributed by atoms with Gasteiger partial charge in [0.2, 0.25) is 0 Å². The minimum absolute atomic E-state index is 1.04. The van der Waals surface area contributed by atoms with E-state index in [9.17, 15) is 0 Å². The highest BCUT2D eigenvalue weighted by Gasteiger charge is 2.12. The Bertz CT molecular complexity index is 176. The lowest BCUT2D eigenvalue weighted by atomic mass is 9.85. The van der Waals surface area contributed by atoms with Crippen molar-refractivity contribution in [1.82, 2.24) is 0 Å². The second kappa shape index (κ2) is 5.58. The third kappa shape index (κ3) is 3.15. The maximum absolute atomic E-state index is 2.59. The van der Waals surface area contributed by atoms with Crippen LogP contribution in [0, 0.1) is 5.92 Å². The van der Waals surface area contributed by atoms with E-state index in [1.807, 2.05) is 0 Å². The molecule has 14 heavy (non-hydrogen) atoms. The van der Waals surface area contributed by atoms with Gasteiger partial charge in [-0.05, 0) is 38.0 Å². The van der Waals surface area contributed by atoms with Crippen molar-refractivity contribution in [3.05, 3.63) is 11.6 Å². The summed E-state index contributed by atoms with van der Waals surface area (Å²) in [5.74, 6) is 1.04. The van der Waals surface area contributed by atoms with Gasteiger partial charge < -0.3 is 0 Å². The SMILES string of the molecule is C(CC1CCCCC1)=C1CCCCC1. The molecule has 0 amide bonds. The maximum Gasteiger partial charge on any atom is -0.0320 e. The molecule has 2 saturated carbocycles. The zero-order valence-electron chi connectivity index (χ0n) is 9.43. The molecule has 0 radical (unpaired) electrons. The lowest BCUT2D eigenvalue weighted by Gasteiger charge is -2.21. The minimum Gasteiger partial charge on any atom is -0.0851 e. The van der Waals surface area contributed by atoms with Crippen LogP contribution in [0.1, 0.15) is 70.6 Å². The van der Waals surface area contributed by atoms with Crippen LogP contribution in [0.5, 0.6) is 0 Å². The van der Waals surface area contributed by atoms with Gasteiger partial charge in [-0.15, -0.1) is 0 Å². The first-order valence-electron chi connectivity index (χ1n) is 6.63. The molecule has 0 atom stereocenters. The normalized spacial score (nSPS) is 25.0. The number of allylic oxidation sites excluding steroid dienone is 2. The Balaban J connectivity index is 1.73. The first-order chi connectivity index (χ1) is 6.95. The van der Waals surface area contributed by atoms with Crippen LogP contribution in [-0.2, 0) is 0 Å². The highest BCUT2D eigenvalue weighted by molar-refractivity contribution is 5.04. The zero-order chi connectivity index (χ0) is 9.64. The first-order valence-corrected chi connectivity index (χ1v) is 6.63. The van der Waals surface area contributed by atoms with Crippen LogP contribution >= 0.6 is 0 Å². The molecule has 2 aliphatic carbocycles. The van der Waals surface area contributed by atoms with E-state index in [0.29, 0.717) is 0 Å². The van der Waals surface area contributed by atoms with E-state index in [1.165, 1.54) is 70.6 Å². The fourth-order valence-corrected chi connectivity index (χ4v) is 2.97. The molecular formula is C14H24. The average molecular weight is 192 g/mol. The standard InChI is InChI=1S/C14H24/c1-3-7-13(8-4-1)11-12-14-9-5-2-6-10-14/h11,14H,1-10,12H2. The molecule has 0 nitrogen and oxygen atoms in total. The molecule has 0 aromatic heterocycles. The van der Waals surface area contributed by atoms with Gasteiger partial charge in [-0.1, -0.05) is 50.2 Å². The number of hydrogen-bond donors (Lipinski definition) is 0. The van der Waals surface area contributed by atoms with E-state index in [2.05, 4.69) is 6.08 Å². The van der Waals surface area contributed by atoms with E-state index in [4.69, 9.17) is 0 Å². The largest absolute Gasteiger partial charge is 0.0851 e. The van der Waals surface area contributed by atoms with Crippen molar-refractivity contribution in [3.8, 4) is 0 Å². The highest BCUT2D eigenvalue weighted by Crippen LogP contribution is 2.29. The van der Waals surface area contributed by atoms with Gasteiger partial charge in [0.25, 0.3) is 0 Å². The molecule has 0 bridgehead atoms. The molecule has 0 saturated heterocycles. The van der Waals surface area contributed by atoms with Gasteiger partial charge in [0, 0.05) is 0 Å². The maximum atomic E-state index is 2.59. The molecule has 0 heteroatoms. The van der Waals surface area contributed by atoms with Crippen molar-refractivity contribution < 1.29 is 0 Å². The van der Waals surface area contributed by atoms with Crippen LogP contribution in [0.15, 0.2) is 11.6 Å². The lowest BCUT2D eigenvalue weighted by Crippen LogP contribution is -2.05. The highest BCUT2D eigenvalue weighted by atomic mass is 14.2. The van der Waals surface area contributed by atoms with E-state index in [1.54, 1.807) is 5.57 Å². The molecular weight excluding hydrogens is 168 g/mol. The third-order valence-corrected chi connectivity index (χ3v) is 3.96. The van der Waals surface area contributed by atoms with Gasteiger partial charge in [0.15, 0.2) is 0 Å². The van der Waals surface area contributed by atoms with Gasteiger partial charge in [-0.25, -0.2) is 0 Å². The molecule has 2 fully saturated rings. The summed E-state index contributed by atoms with van der Waals surface area (Å²) in [6, 6.07) is 0. The third-order valence-electron chi connectivity index (χ3n) is 3.96. The van der Waals surface area contributed by atoms with Crippen LogP contribution in [-0.4, -0.2) is 0 Å². The fourth-order valence-electron chi connectivity index (χ4n) is 2.97.